The molecule has 84 valence electrons. The second kappa shape index (κ2) is 6.11. The van der Waals surface area contributed by atoms with Crippen molar-refractivity contribution in [2.24, 2.45) is 5.92 Å². The molecule has 0 aromatic heterocycles. The molecule has 0 aliphatic heterocycles. The van der Waals surface area contributed by atoms with Gasteiger partial charge in [0.15, 0.2) is 0 Å². The Morgan fingerprint density at radius 3 is 2.47 bits per heavy atom. The zero-order valence-electron chi connectivity index (χ0n) is 8.91. The molecule has 0 amide bonds. The lowest BCUT2D eigenvalue weighted by molar-refractivity contribution is 0.144. The Kier molecular flexibility index (Phi) is 5.09. The second-order valence-corrected chi connectivity index (χ2v) is 4.26. The van der Waals surface area contributed by atoms with Gasteiger partial charge in [-0.05, 0) is 37.0 Å². The van der Waals surface area contributed by atoms with Gasteiger partial charge in [-0.15, -0.1) is 0 Å². The van der Waals surface area contributed by atoms with Gasteiger partial charge in [-0.3, -0.25) is 0 Å². The summed E-state index contributed by atoms with van der Waals surface area (Å²) in [5, 5.41) is 18.6. The fourth-order valence-electron chi connectivity index (χ4n) is 1.47. The molecule has 2 nitrogen and oxygen atoms in total. The molecule has 0 radical (unpaired) electrons. The van der Waals surface area contributed by atoms with Crippen molar-refractivity contribution in [2.45, 2.75) is 19.8 Å². The minimum atomic E-state index is -0.0130. The number of hydrogen-bond donors (Lipinski definition) is 2. The van der Waals surface area contributed by atoms with E-state index >= 15 is 0 Å². The zero-order chi connectivity index (χ0) is 11.3. The zero-order valence-corrected chi connectivity index (χ0v) is 9.67. The van der Waals surface area contributed by atoms with Crippen molar-refractivity contribution in [3.05, 3.63) is 34.3 Å². The maximum absolute atomic E-state index is 8.92. The van der Waals surface area contributed by atoms with Crippen molar-refractivity contribution in [3.63, 3.8) is 0 Å². The largest absolute Gasteiger partial charge is 0.396 e. The van der Waals surface area contributed by atoms with E-state index in [2.05, 4.69) is 0 Å². The molecule has 0 aliphatic carbocycles. The molecule has 0 heterocycles. The van der Waals surface area contributed by atoms with Crippen molar-refractivity contribution in [1.82, 2.24) is 0 Å². The number of rotatable bonds is 5. The Hall–Kier alpha value is -0.570. The van der Waals surface area contributed by atoms with Gasteiger partial charge in [0.25, 0.3) is 0 Å². The first-order valence-electron chi connectivity index (χ1n) is 5.14. The number of aliphatic hydroxyl groups excluding tert-OH is 2. The highest BCUT2D eigenvalue weighted by Gasteiger charge is 2.06. The first kappa shape index (κ1) is 12.5. The summed E-state index contributed by atoms with van der Waals surface area (Å²) in [5.74, 6) is -0.0130. The van der Waals surface area contributed by atoms with E-state index in [1.54, 1.807) is 0 Å². The molecular formula is C12H17ClO2. The van der Waals surface area contributed by atoms with E-state index in [9.17, 15) is 0 Å². The molecule has 2 N–H and O–H groups in total. The van der Waals surface area contributed by atoms with Crippen molar-refractivity contribution < 1.29 is 10.2 Å². The number of benzene rings is 1. The molecule has 0 unspecified atom stereocenters. The summed E-state index contributed by atoms with van der Waals surface area (Å²) >= 11 is 5.92. The van der Waals surface area contributed by atoms with Gasteiger partial charge in [0.05, 0.1) is 0 Å². The Bertz CT molecular complexity index is 308. The lowest BCUT2D eigenvalue weighted by Crippen LogP contribution is -2.11. The predicted molar refractivity (Wildman–Crippen MR) is 62.2 cm³/mol. The van der Waals surface area contributed by atoms with Gasteiger partial charge >= 0.3 is 0 Å². The summed E-state index contributed by atoms with van der Waals surface area (Å²) in [7, 11) is 0. The van der Waals surface area contributed by atoms with Gasteiger partial charge in [0, 0.05) is 24.2 Å². The highest BCUT2D eigenvalue weighted by atomic mass is 35.5. The molecule has 3 heteroatoms. The van der Waals surface area contributed by atoms with Crippen LogP contribution in [0.3, 0.4) is 0 Å². The highest BCUT2D eigenvalue weighted by molar-refractivity contribution is 6.31. The van der Waals surface area contributed by atoms with Gasteiger partial charge in [-0.1, -0.05) is 23.7 Å². The lowest BCUT2D eigenvalue weighted by atomic mass is 10.00. The molecule has 0 aliphatic rings. The van der Waals surface area contributed by atoms with Crippen molar-refractivity contribution in [1.29, 1.82) is 0 Å². The van der Waals surface area contributed by atoms with Crippen LogP contribution in [-0.4, -0.2) is 23.4 Å². The number of aliphatic hydroxyl groups is 2. The average Bonchev–Trinajstić information content (AvgIpc) is 2.24. The standard InChI is InChI=1S/C12H17ClO2/c1-9-6-10(4-5-12(9)13)2-3-11(7-14)8-15/h4-6,11,14-15H,2-3,7-8H2,1H3. The van der Waals surface area contributed by atoms with Crippen molar-refractivity contribution in [3.8, 4) is 0 Å². The number of hydrogen-bond acceptors (Lipinski definition) is 2. The fourth-order valence-corrected chi connectivity index (χ4v) is 1.59. The summed E-state index contributed by atoms with van der Waals surface area (Å²) in [6.07, 6.45) is 1.66. The molecule has 0 saturated heterocycles. The Labute approximate surface area is 95.5 Å². The van der Waals surface area contributed by atoms with Crippen molar-refractivity contribution >= 4 is 11.6 Å². The smallest absolute Gasteiger partial charge is 0.0481 e. The molecule has 1 aromatic carbocycles. The fraction of sp³-hybridized carbons (Fsp3) is 0.500. The van der Waals surface area contributed by atoms with E-state index in [0.717, 1.165) is 23.4 Å². The van der Waals surface area contributed by atoms with E-state index in [1.165, 1.54) is 5.56 Å². The van der Waals surface area contributed by atoms with Crippen LogP contribution in [0.2, 0.25) is 5.02 Å². The number of aryl methyl sites for hydroxylation is 2. The Morgan fingerprint density at radius 2 is 1.93 bits per heavy atom. The van der Waals surface area contributed by atoms with Gasteiger partial charge in [0.1, 0.15) is 0 Å². The summed E-state index contributed by atoms with van der Waals surface area (Å²) in [4.78, 5) is 0. The second-order valence-electron chi connectivity index (χ2n) is 3.85. The van der Waals surface area contributed by atoms with Gasteiger partial charge in [-0.25, -0.2) is 0 Å². The highest BCUT2D eigenvalue weighted by Crippen LogP contribution is 2.18. The molecule has 1 rings (SSSR count). The van der Waals surface area contributed by atoms with E-state index in [1.807, 2.05) is 25.1 Å². The van der Waals surface area contributed by atoms with E-state index in [-0.39, 0.29) is 19.1 Å². The summed E-state index contributed by atoms with van der Waals surface area (Å²) < 4.78 is 0. The van der Waals surface area contributed by atoms with Crippen LogP contribution in [0.1, 0.15) is 17.5 Å². The summed E-state index contributed by atoms with van der Waals surface area (Å²) in [6.45, 7) is 2.06. The molecule has 1 aromatic rings. The molecule has 0 spiro atoms. The van der Waals surface area contributed by atoms with Crippen LogP contribution in [0.25, 0.3) is 0 Å². The third-order valence-electron chi connectivity index (χ3n) is 2.58. The summed E-state index contributed by atoms with van der Waals surface area (Å²) in [6, 6.07) is 5.93. The molecule has 0 bridgehead atoms. The van der Waals surface area contributed by atoms with Crippen LogP contribution in [0.4, 0.5) is 0 Å². The van der Waals surface area contributed by atoms with Crippen LogP contribution in [0, 0.1) is 12.8 Å². The predicted octanol–water partition coefficient (Wildman–Crippen LogP) is 2.18. The normalized spacial score (nSPS) is 11.0. The minimum Gasteiger partial charge on any atom is -0.396 e. The molecule has 0 saturated carbocycles. The third kappa shape index (κ3) is 3.82. The van der Waals surface area contributed by atoms with Crippen LogP contribution in [0.15, 0.2) is 18.2 Å². The molecule has 0 fully saturated rings. The van der Waals surface area contributed by atoms with E-state index < -0.39 is 0 Å². The Balaban J connectivity index is 2.54. The molecular weight excluding hydrogens is 212 g/mol. The molecule has 15 heavy (non-hydrogen) atoms. The molecule has 0 atom stereocenters. The average molecular weight is 229 g/mol. The third-order valence-corrected chi connectivity index (χ3v) is 3.00. The first-order valence-corrected chi connectivity index (χ1v) is 5.52. The van der Waals surface area contributed by atoms with E-state index in [4.69, 9.17) is 21.8 Å². The quantitative estimate of drug-likeness (QED) is 0.811. The first-order chi connectivity index (χ1) is 7.17. The van der Waals surface area contributed by atoms with Gasteiger partial charge in [-0.2, -0.15) is 0 Å². The van der Waals surface area contributed by atoms with E-state index in [0.29, 0.717) is 0 Å². The van der Waals surface area contributed by atoms with Crippen molar-refractivity contribution in [2.75, 3.05) is 13.2 Å². The lowest BCUT2D eigenvalue weighted by Gasteiger charge is -2.10. The van der Waals surface area contributed by atoms with Crippen LogP contribution >= 0.6 is 11.6 Å². The maximum Gasteiger partial charge on any atom is 0.0481 e. The summed E-state index contributed by atoms with van der Waals surface area (Å²) in [5.41, 5.74) is 2.27. The van der Waals surface area contributed by atoms with Crippen LogP contribution in [0.5, 0.6) is 0 Å². The number of halogens is 1. The topological polar surface area (TPSA) is 40.5 Å². The van der Waals surface area contributed by atoms with Crippen LogP contribution in [-0.2, 0) is 6.42 Å². The monoisotopic (exact) mass is 228 g/mol. The SMILES string of the molecule is Cc1cc(CCC(CO)CO)ccc1Cl. The minimum absolute atomic E-state index is 0.0130. The van der Waals surface area contributed by atoms with Crippen LogP contribution < -0.4 is 0 Å². The van der Waals surface area contributed by atoms with Gasteiger partial charge in [0.2, 0.25) is 0 Å². The maximum atomic E-state index is 8.92. The van der Waals surface area contributed by atoms with Gasteiger partial charge < -0.3 is 10.2 Å². The Morgan fingerprint density at radius 1 is 1.27 bits per heavy atom.